The lowest BCUT2D eigenvalue weighted by molar-refractivity contribution is 0.0651. The highest BCUT2D eigenvalue weighted by atomic mass is 16.2. The number of rotatable bonds is 5. The second-order valence-electron chi connectivity index (χ2n) is 5.81. The second-order valence-corrected chi connectivity index (χ2v) is 5.81. The normalized spacial score (nSPS) is 12.6. The average Bonchev–Trinajstić information content (AvgIpc) is 2.90. The lowest BCUT2D eigenvalue weighted by Crippen LogP contribution is -2.30. The molecule has 4 heteroatoms. The molecule has 1 aliphatic rings. The molecule has 0 saturated carbocycles. The maximum Gasteiger partial charge on any atom is 0.261 e. The van der Waals surface area contributed by atoms with Crippen molar-refractivity contribution in [2.45, 2.75) is 19.3 Å². The van der Waals surface area contributed by atoms with Crippen molar-refractivity contribution in [1.82, 2.24) is 4.90 Å². The van der Waals surface area contributed by atoms with Crippen LogP contribution in [0.15, 0.2) is 48.5 Å². The molecule has 25 heavy (non-hydrogen) atoms. The Balaban J connectivity index is 1.47. The van der Waals surface area contributed by atoms with Gasteiger partial charge < -0.3 is 0 Å². The molecule has 0 aliphatic carbocycles. The molecule has 0 bridgehead atoms. The first-order chi connectivity index (χ1) is 12.2. The summed E-state index contributed by atoms with van der Waals surface area (Å²) in [6.45, 7) is 0.419. The number of fused-ring (bicyclic) bond motifs is 1. The molecule has 124 valence electrons. The molecule has 0 atom stereocenters. The van der Waals surface area contributed by atoms with Gasteiger partial charge in [-0.25, -0.2) is 0 Å². The average molecular weight is 331 g/mol. The van der Waals surface area contributed by atoms with Gasteiger partial charge in [-0.1, -0.05) is 36.1 Å². The van der Waals surface area contributed by atoms with Gasteiger partial charge in [0.15, 0.2) is 0 Å². The third-order valence-corrected chi connectivity index (χ3v) is 4.09. The number of carbonyl (C=O) groups excluding carboxylic acids is 3. The third kappa shape index (κ3) is 3.67. The summed E-state index contributed by atoms with van der Waals surface area (Å²) >= 11 is 0. The minimum atomic E-state index is -0.207. The molecule has 0 aromatic heterocycles. The summed E-state index contributed by atoms with van der Waals surface area (Å²) in [6.07, 6.45) is 3.03. The molecule has 4 nitrogen and oxygen atoms in total. The monoisotopic (exact) mass is 331 g/mol. The Morgan fingerprint density at radius 2 is 1.52 bits per heavy atom. The molecule has 1 heterocycles. The van der Waals surface area contributed by atoms with Gasteiger partial charge in [-0.3, -0.25) is 19.3 Å². The van der Waals surface area contributed by atoms with Gasteiger partial charge in [-0.05, 0) is 37.1 Å². The number of hydrogen-bond donors (Lipinski definition) is 0. The lowest BCUT2D eigenvalue weighted by Gasteiger charge is -2.12. The molecule has 0 unspecified atom stereocenters. The number of hydrogen-bond acceptors (Lipinski definition) is 3. The van der Waals surface area contributed by atoms with Gasteiger partial charge in [0.2, 0.25) is 0 Å². The van der Waals surface area contributed by atoms with Crippen LogP contribution >= 0.6 is 0 Å². The summed E-state index contributed by atoms with van der Waals surface area (Å²) in [7, 11) is 0. The van der Waals surface area contributed by atoms with Crippen molar-refractivity contribution in [1.29, 1.82) is 0 Å². The van der Waals surface area contributed by atoms with Gasteiger partial charge in [-0.2, -0.15) is 0 Å². The predicted molar refractivity (Wildman–Crippen MR) is 94.4 cm³/mol. The Morgan fingerprint density at radius 3 is 2.12 bits per heavy atom. The summed E-state index contributed by atoms with van der Waals surface area (Å²) in [6, 6.07) is 14.0. The van der Waals surface area contributed by atoms with E-state index in [2.05, 4.69) is 11.8 Å². The van der Waals surface area contributed by atoms with E-state index in [1.54, 1.807) is 36.4 Å². The zero-order valence-corrected chi connectivity index (χ0v) is 13.7. The van der Waals surface area contributed by atoms with Crippen LogP contribution in [0.5, 0.6) is 0 Å². The van der Waals surface area contributed by atoms with E-state index in [1.807, 2.05) is 12.1 Å². The molecular formula is C21H17NO3. The Bertz CT molecular complexity index is 837. The molecule has 2 aromatic carbocycles. The minimum Gasteiger partial charge on any atom is -0.298 e. The highest BCUT2D eigenvalue weighted by molar-refractivity contribution is 6.21. The number of benzene rings is 2. The van der Waals surface area contributed by atoms with Crippen LogP contribution in [0.4, 0.5) is 0 Å². The smallest absolute Gasteiger partial charge is 0.261 e. The topological polar surface area (TPSA) is 54.5 Å². The van der Waals surface area contributed by atoms with E-state index >= 15 is 0 Å². The van der Waals surface area contributed by atoms with Crippen molar-refractivity contribution in [3.05, 3.63) is 70.8 Å². The predicted octanol–water partition coefficient (Wildman–Crippen LogP) is 3.32. The van der Waals surface area contributed by atoms with Crippen molar-refractivity contribution in [2.24, 2.45) is 0 Å². The van der Waals surface area contributed by atoms with Crippen LogP contribution in [0, 0.1) is 11.8 Å². The minimum absolute atomic E-state index is 0.207. The largest absolute Gasteiger partial charge is 0.298 e. The van der Waals surface area contributed by atoms with Gasteiger partial charge in [-0.15, -0.1) is 0 Å². The van der Waals surface area contributed by atoms with Crippen LogP contribution in [0.2, 0.25) is 0 Å². The quantitative estimate of drug-likeness (QED) is 0.365. The number of unbranched alkanes of at least 4 members (excludes halogenated alkanes) is 2. The Kier molecular flexibility index (Phi) is 5.06. The van der Waals surface area contributed by atoms with E-state index in [-0.39, 0.29) is 11.8 Å². The Hall–Kier alpha value is -3.19. The first kappa shape index (κ1) is 16.7. The SMILES string of the molecule is O=Cc1ccc(C#CCCCCN2C(=O)c3ccccc3C2=O)cc1. The fraction of sp³-hybridized carbons (Fsp3) is 0.190. The highest BCUT2D eigenvalue weighted by Crippen LogP contribution is 2.22. The van der Waals surface area contributed by atoms with Crippen LogP contribution in [-0.2, 0) is 0 Å². The van der Waals surface area contributed by atoms with Crippen LogP contribution in [0.3, 0.4) is 0 Å². The van der Waals surface area contributed by atoms with Gasteiger partial charge in [0.1, 0.15) is 6.29 Å². The van der Waals surface area contributed by atoms with E-state index in [0.29, 0.717) is 29.7 Å². The van der Waals surface area contributed by atoms with Gasteiger partial charge in [0.05, 0.1) is 11.1 Å². The van der Waals surface area contributed by atoms with Crippen LogP contribution in [-0.4, -0.2) is 29.5 Å². The number of amides is 2. The molecule has 0 N–H and O–H groups in total. The highest BCUT2D eigenvalue weighted by Gasteiger charge is 2.34. The first-order valence-electron chi connectivity index (χ1n) is 8.20. The maximum absolute atomic E-state index is 12.2. The van der Waals surface area contributed by atoms with Gasteiger partial charge in [0.25, 0.3) is 11.8 Å². The van der Waals surface area contributed by atoms with E-state index < -0.39 is 0 Å². The summed E-state index contributed by atoms with van der Waals surface area (Å²) in [5, 5.41) is 0. The zero-order valence-electron chi connectivity index (χ0n) is 13.7. The van der Waals surface area contributed by atoms with E-state index in [9.17, 15) is 14.4 Å². The standard InChI is InChI=1S/C21H17NO3/c23-15-17-12-10-16(11-13-17)7-3-1-2-6-14-22-20(24)18-8-4-5-9-19(18)21(22)25/h4-5,8-13,15H,1-2,6,14H2. The van der Waals surface area contributed by atoms with Crippen molar-refractivity contribution >= 4 is 18.1 Å². The number of aldehydes is 1. The first-order valence-corrected chi connectivity index (χ1v) is 8.20. The maximum atomic E-state index is 12.2. The number of nitrogens with zero attached hydrogens (tertiary/aromatic N) is 1. The second kappa shape index (κ2) is 7.59. The van der Waals surface area contributed by atoms with Crippen molar-refractivity contribution in [3.8, 4) is 11.8 Å². The van der Waals surface area contributed by atoms with Crippen molar-refractivity contribution < 1.29 is 14.4 Å². The fourth-order valence-electron chi connectivity index (χ4n) is 2.74. The third-order valence-electron chi connectivity index (χ3n) is 4.09. The molecular weight excluding hydrogens is 314 g/mol. The molecule has 2 aromatic rings. The molecule has 2 amide bonds. The van der Waals surface area contributed by atoms with Crippen molar-refractivity contribution in [3.63, 3.8) is 0 Å². The van der Waals surface area contributed by atoms with Gasteiger partial charge in [0, 0.05) is 24.1 Å². The van der Waals surface area contributed by atoms with Gasteiger partial charge >= 0.3 is 0 Å². The van der Waals surface area contributed by atoms with Crippen LogP contribution in [0.25, 0.3) is 0 Å². The molecule has 0 radical (unpaired) electrons. The van der Waals surface area contributed by atoms with E-state index in [4.69, 9.17) is 0 Å². The lowest BCUT2D eigenvalue weighted by atomic mass is 10.1. The van der Waals surface area contributed by atoms with E-state index in [0.717, 1.165) is 24.7 Å². The van der Waals surface area contributed by atoms with E-state index in [1.165, 1.54) is 4.90 Å². The summed E-state index contributed by atoms with van der Waals surface area (Å²) in [5.74, 6) is 5.71. The van der Waals surface area contributed by atoms with Crippen LogP contribution < -0.4 is 0 Å². The Morgan fingerprint density at radius 1 is 0.880 bits per heavy atom. The fourth-order valence-corrected chi connectivity index (χ4v) is 2.74. The zero-order chi connectivity index (χ0) is 17.6. The molecule has 1 aliphatic heterocycles. The Labute approximate surface area is 146 Å². The molecule has 3 rings (SSSR count). The summed E-state index contributed by atoms with van der Waals surface area (Å²) in [4.78, 5) is 36.3. The molecule has 0 fully saturated rings. The number of imide groups is 1. The summed E-state index contributed by atoms with van der Waals surface area (Å²) in [5.41, 5.74) is 2.48. The van der Waals surface area contributed by atoms with Crippen LogP contribution in [0.1, 0.15) is 55.9 Å². The number of carbonyl (C=O) groups is 3. The molecule has 0 saturated heterocycles. The summed E-state index contributed by atoms with van der Waals surface area (Å²) < 4.78 is 0. The van der Waals surface area contributed by atoms with Crippen molar-refractivity contribution in [2.75, 3.05) is 6.54 Å². The molecule has 0 spiro atoms.